The molecule has 1 rings (SSSR count). The molecule has 0 saturated carbocycles. The first-order valence-electron chi connectivity index (χ1n) is 5.93. The van der Waals surface area contributed by atoms with Crippen molar-refractivity contribution in [1.82, 2.24) is 19.4 Å². The molecule has 10 nitrogen and oxygen atoms in total. The van der Waals surface area contributed by atoms with Gasteiger partial charge in [0.05, 0.1) is 18.3 Å². The molecule has 1 aromatic heterocycles. The molecule has 0 spiro atoms. The molecule has 11 heteroatoms. The average Bonchev–Trinajstić information content (AvgIpc) is 2.81. The number of nitrogens with zero attached hydrogens (tertiary/aromatic N) is 3. The van der Waals surface area contributed by atoms with Crippen molar-refractivity contribution in [2.45, 2.75) is 13.0 Å². The van der Waals surface area contributed by atoms with Crippen LogP contribution >= 0.6 is 0 Å². The molecule has 3 N–H and O–H groups in total. The van der Waals surface area contributed by atoms with Crippen molar-refractivity contribution in [2.24, 2.45) is 0 Å². The van der Waals surface area contributed by atoms with Crippen LogP contribution in [0.3, 0.4) is 0 Å². The summed E-state index contributed by atoms with van der Waals surface area (Å²) in [4.78, 5) is 21.6. The van der Waals surface area contributed by atoms with Crippen molar-refractivity contribution in [3.63, 3.8) is 0 Å². The van der Waals surface area contributed by atoms with Gasteiger partial charge in [0.25, 0.3) is 0 Å². The molecule has 0 aliphatic rings. The maximum absolute atomic E-state index is 11.9. The van der Waals surface area contributed by atoms with Crippen LogP contribution in [0.2, 0.25) is 0 Å². The number of carbonyl (C=O) groups excluding carboxylic acids is 1. The van der Waals surface area contributed by atoms with E-state index < -0.39 is 16.2 Å². The number of anilines is 1. The van der Waals surface area contributed by atoms with Gasteiger partial charge in [-0.3, -0.25) is 19.0 Å². The van der Waals surface area contributed by atoms with Gasteiger partial charge in [-0.2, -0.15) is 17.8 Å². The van der Waals surface area contributed by atoms with Crippen molar-refractivity contribution < 1.29 is 23.1 Å². The minimum Gasteiger partial charge on any atom is -0.481 e. The Morgan fingerprint density at radius 3 is 2.71 bits per heavy atom. The molecular weight excluding hydrogens is 302 g/mol. The molecule has 1 heterocycles. The van der Waals surface area contributed by atoms with Crippen molar-refractivity contribution in [2.75, 3.05) is 25.4 Å². The van der Waals surface area contributed by atoms with Gasteiger partial charge in [0.2, 0.25) is 5.91 Å². The number of carboxylic acids is 1. The number of hydrogen-bond donors (Lipinski definition) is 3. The fraction of sp³-hybridized carbons (Fsp3) is 0.500. The van der Waals surface area contributed by atoms with E-state index in [1.807, 2.05) is 0 Å². The number of likely N-dealkylation sites (N-methyl/N-ethyl adjacent to an activating group) is 1. The van der Waals surface area contributed by atoms with Gasteiger partial charge >= 0.3 is 16.2 Å². The first kappa shape index (κ1) is 16.9. The minimum absolute atomic E-state index is 0.0346. The predicted octanol–water partition coefficient (Wildman–Crippen LogP) is -1.31. The van der Waals surface area contributed by atoms with E-state index in [9.17, 15) is 18.0 Å². The third-order valence-electron chi connectivity index (χ3n) is 2.52. The van der Waals surface area contributed by atoms with Gasteiger partial charge in [0, 0.05) is 26.8 Å². The standard InChI is InChI=1S/C10H17N5O5S/c1-11-9(16)7-15-6-8(5-12-15)13-21(19,20)14(2)4-3-10(17)18/h5-6,13H,3-4,7H2,1-2H3,(H,11,16)(H,17,18). The van der Waals surface area contributed by atoms with Crippen LogP contribution < -0.4 is 10.0 Å². The molecule has 0 fully saturated rings. The van der Waals surface area contributed by atoms with E-state index in [0.717, 1.165) is 4.31 Å². The highest BCUT2D eigenvalue weighted by atomic mass is 32.2. The Morgan fingerprint density at radius 1 is 1.48 bits per heavy atom. The number of amides is 1. The lowest BCUT2D eigenvalue weighted by Crippen LogP contribution is -2.34. The number of aromatic nitrogens is 2. The molecule has 0 aliphatic heterocycles. The molecule has 0 radical (unpaired) electrons. The maximum Gasteiger partial charge on any atom is 0.304 e. The smallest absolute Gasteiger partial charge is 0.304 e. The lowest BCUT2D eigenvalue weighted by molar-refractivity contribution is -0.137. The number of nitrogens with one attached hydrogen (secondary N) is 2. The molecule has 0 saturated heterocycles. The van der Waals surface area contributed by atoms with Crippen LogP contribution in [0.25, 0.3) is 0 Å². The Hall–Kier alpha value is -2.14. The van der Waals surface area contributed by atoms with Gasteiger partial charge in [-0.05, 0) is 0 Å². The zero-order chi connectivity index (χ0) is 16.0. The quantitative estimate of drug-likeness (QED) is 0.545. The fourth-order valence-corrected chi connectivity index (χ4v) is 2.22. The summed E-state index contributed by atoms with van der Waals surface area (Å²) < 4.78 is 28.2. The summed E-state index contributed by atoms with van der Waals surface area (Å²) in [6.07, 6.45) is 2.32. The first-order chi connectivity index (χ1) is 9.74. The van der Waals surface area contributed by atoms with E-state index in [2.05, 4.69) is 15.1 Å². The van der Waals surface area contributed by atoms with Crippen molar-refractivity contribution in [3.05, 3.63) is 12.4 Å². The number of rotatable bonds is 8. The Balaban J connectivity index is 2.67. The highest BCUT2D eigenvalue weighted by Crippen LogP contribution is 2.10. The molecule has 118 valence electrons. The summed E-state index contributed by atoms with van der Waals surface area (Å²) in [7, 11) is -1.12. The molecule has 0 unspecified atom stereocenters. The summed E-state index contributed by atoms with van der Waals surface area (Å²) >= 11 is 0. The van der Waals surface area contributed by atoms with E-state index in [1.165, 1.54) is 31.2 Å². The Labute approximate surface area is 121 Å². The molecule has 1 aromatic rings. The van der Waals surface area contributed by atoms with Crippen LogP contribution in [-0.4, -0.2) is 60.1 Å². The monoisotopic (exact) mass is 319 g/mol. The van der Waals surface area contributed by atoms with E-state index in [-0.39, 0.29) is 31.1 Å². The summed E-state index contributed by atoms with van der Waals surface area (Å²) in [6.45, 7) is -0.190. The van der Waals surface area contributed by atoms with E-state index >= 15 is 0 Å². The van der Waals surface area contributed by atoms with E-state index in [4.69, 9.17) is 5.11 Å². The highest BCUT2D eigenvalue weighted by Gasteiger charge is 2.19. The largest absolute Gasteiger partial charge is 0.481 e. The van der Waals surface area contributed by atoms with Crippen LogP contribution in [0, 0.1) is 0 Å². The second kappa shape index (κ2) is 7.04. The summed E-state index contributed by atoms with van der Waals surface area (Å²) in [5, 5.41) is 14.8. The van der Waals surface area contributed by atoms with Gasteiger partial charge in [-0.1, -0.05) is 0 Å². The normalized spacial score (nSPS) is 11.4. The topological polar surface area (TPSA) is 134 Å². The number of carboxylic acid groups (broad SMARTS) is 1. The number of aliphatic carboxylic acids is 1. The first-order valence-corrected chi connectivity index (χ1v) is 7.37. The molecule has 0 atom stereocenters. The third kappa shape index (κ3) is 5.39. The fourth-order valence-electron chi connectivity index (χ4n) is 1.33. The molecular formula is C10H17N5O5S. The van der Waals surface area contributed by atoms with Crippen LogP contribution in [0.1, 0.15) is 6.42 Å². The predicted molar refractivity (Wildman–Crippen MR) is 73.7 cm³/mol. The van der Waals surface area contributed by atoms with Crippen LogP contribution in [-0.2, 0) is 26.3 Å². The number of hydrogen-bond acceptors (Lipinski definition) is 5. The van der Waals surface area contributed by atoms with Gasteiger partial charge in [0.1, 0.15) is 6.54 Å². The van der Waals surface area contributed by atoms with E-state index in [0.29, 0.717) is 0 Å². The Morgan fingerprint density at radius 2 is 2.14 bits per heavy atom. The summed E-state index contributed by atoms with van der Waals surface area (Å²) in [5.74, 6) is -1.36. The molecule has 0 bridgehead atoms. The highest BCUT2D eigenvalue weighted by molar-refractivity contribution is 7.90. The van der Waals surface area contributed by atoms with Gasteiger partial charge in [0.15, 0.2) is 0 Å². The Bertz CT molecular complexity index is 611. The van der Waals surface area contributed by atoms with E-state index in [1.54, 1.807) is 0 Å². The lowest BCUT2D eigenvalue weighted by atomic mass is 10.4. The van der Waals surface area contributed by atoms with Gasteiger partial charge in [-0.25, -0.2) is 0 Å². The molecule has 0 aromatic carbocycles. The zero-order valence-electron chi connectivity index (χ0n) is 11.6. The second-order valence-electron chi connectivity index (χ2n) is 4.17. The second-order valence-corrected chi connectivity index (χ2v) is 5.95. The number of carbonyl (C=O) groups is 2. The van der Waals surface area contributed by atoms with Crippen molar-refractivity contribution >= 4 is 27.8 Å². The van der Waals surface area contributed by atoms with Gasteiger partial charge < -0.3 is 10.4 Å². The lowest BCUT2D eigenvalue weighted by Gasteiger charge is -2.16. The van der Waals surface area contributed by atoms with Crippen LogP contribution in [0.15, 0.2) is 12.4 Å². The third-order valence-corrected chi connectivity index (χ3v) is 4.01. The maximum atomic E-state index is 11.9. The average molecular weight is 319 g/mol. The van der Waals surface area contributed by atoms with Crippen LogP contribution in [0.5, 0.6) is 0 Å². The minimum atomic E-state index is -3.86. The Kier molecular flexibility index (Phi) is 5.67. The molecule has 1 amide bonds. The molecule has 21 heavy (non-hydrogen) atoms. The van der Waals surface area contributed by atoms with Crippen molar-refractivity contribution in [3.8, 4) is 0 Å². The van der Waals surface area contributed by atoms with Gasteiger partial charge in [-0.15, -0.1) is 0 Å². The SMILES string of the molecule is CNC(=O)Cn1cc(NS(=O)(=O)N(C)CCC(=O)O)cn1. The zero-order valence-corrected chi connectivity index (χ0v) is 12.4. The van der Waals surface area contributed by atoms with Crippen molar-refractivity contribution in [1.29, 1.82) is 0 Å². The summed E-state index contributed by atoms with van der Waals surface area (Å²) in [6, 6.07) is 0. The van der Waals surface area contributed by atoms with Crippen LogP contribution in [0.4, 0.5) is 5.69 Å². The summed E-state index contributed by atoms with van der Waals surface area (Å²) in [5.41, 5.74) is 0.182. The molecule has 0 aliphatic carbocycles.